The van der Waals surface area contributed by atoms with Crippen LogP contribution >= 0.6 is 15.9 Å². The Labute approximate surface area is 138 Å². The fourth-order valence-corrected chi connectivity index (χ4v) is 3.27. The van der Waals surface area contributed by atoms with Gasteiger partial charge in [0.05, 0.1) is 11.0 Å². The molecule has 22 heavy (non-hydrogen) atoms. The summed E-state index contributed by atoms with van der Waals surface area (Å²) in [5.74, 6) is 0.806. The predicted molar refractivity (Wildman–Crippen MR) is 89.0 cm³/mol. The third-order valence-electron chi connectivity index (χ3n) is 3.95. The lowest BCUT2D eigenvalue weighted by atomic mass is 9.91. The molecule has 1 saturated carbocycles. The highest BCUT2D eigenvalue weighted by atomic mass is 79.9. The number of nitrogens with zero attached hydrogens (tertiary/aromatic N) is 3. The lowest BCUT2D eigenvalue weighted by Crippen LogP contribution is -2.42. The quantitative estimate of drug-likeness (QED) is 0.632. The number of anilines is 1. The summed E-state index contributed by atoms with van der Waals surface area (Å²) in [7, 11) is 0. The van der Waals surface area contributed by atoms with E-state index in [2.05, 4.69) is 39.7 Å². The van der Waals surface area contributed by atoms with Gasteiger partial charge in [-0.3, -0.25) is 10.1 Å². The minimum Gasteiger partial charge on any atom is -0.393 e. The summed E-state index contributed by atoms with van der Waals surface area (Å²) in [5, 5.41) is 21.1. The molecule has 2 rings (SSSR count). The average molecular weight is 372 g/mol. The molecule has 0 spiro atoms. The summed E-state index contributed by atoms with van der Waals surface area (Å²) < 4.78 is 0.603. The van der Waals surface area contributed by atoms with Crippen molar-refractivity contribution in [3.63, 3.8) is 0 Å². The maximum atomic E-state index is 11.4. The molecule has 0 radical (unpaired) electrons. The van der Waals surface area contributed by atoms with E-state index in [0.29, 0.717) is 16.2 Å². The van der Waals surface area contributed by atoms with Gasteiger partial charge < -0.3 is 10.0 Å². The molecule has 6 nitrogen and oxygen atoms in total. The molecule has 122 valence electrons. The number of aliphatic hydroxyl groups is 1. The van der Waals surface area contributed by atoms with Crippen molar-refractivity contribution < 1.29 is 10.0 Å². The molecule has 0 atom stereocenters. The third-order valence-corrected chi connectivity index (χ3v) is 4.39. The van der Waals surface area contributed by atoms with Crippen LogP contribution in [-0.2, 0) is 0 Å². The van der Waals surface area contributed by atoms with Crippen LogP contribution in [0.3, 0.4) is 0 Å². The van der Waals surface area contributed by atoms with Crippen LogP contribution < -0.4 is 4.90 Å². The molecule has 1 N–H and O–H groups in total. The van der Waals surface area contributed by atoms with E-state index >= 15 is 0 Å². The second-order valence-electron chi connectivity index (χ2n) is 6.26. The van der Waals surface area contributed by atoms with Crippen LogP contribution in [0.4, 0.5) is 11.5 Å². The van der Waals surface area contributed by atoms with Crippen molar-refractivity contribution in [1.29, 1.82) is 0 Å². The van der Waals surface area contributed by atoms with Crippen molar-refractivity contribution >= 4 is 27.4 Å². The highest BCUT2D eigenvalue weighted by molar-refractivity contribution is 9.10. The van der Waals surface area contributed by atoms with Crippen molar-refractivity contribution in [2.75, 3.05) is 11.4 Å². The second-order valence-corrected chi connectivity index (χ2v) is 7.18. The molecule has 1 aliphatic rings. The highest BCUT2D eigenvalue weighted by Crippen LogP contribution is 2.34. The van der Waals surface area contributed by atoms with Gasteiger partial charge in [-0.25, -0.2) is 4.98 Å². The maximum Gasteiger partial charge on any atom is 0.312 e. The summed E-state index contributed by atoms with van der Waals surface area (Å²) in [6.07, 6.45) is 4.51. The van der Waals surface area contributed by atoms with Crippen LogP contribution in [0.5, 0.6) is 0 Å². The Hall–Kier alpha value is -1.21. The Balaban J connectivity index is 2.35. The van der Waals surface area contributed by atoms with E-state index < -0.39 is 0 Å². The number of aliphatic hydroxyl groups excluding tert-OH is 1. The van der Waals surface area contributed by atoms with E-state index in [9.17, 15) is 15.2 Å². The summed E-state index contributed by atoms with van der Waals surface area (Å²) in [4.78, 5) is 17.4. The number of aromatic nitrogens is 1. The van der Waals surface area contributed by atoms with E-state index in [1.807, 2.05) is 0 Å². The number of hydrogen-bond acceptors (Lipinski definition) is 5. The average Bonchev–Trinajstić information content (AvgIpc) is 2.45. The van der Waals surface area contributed by atoms with Crippen LogP contribution in [0.2, 0.25) is 0 Å². The first-order valence-electron chi connectivity index (χ1n) is 7.63. The third kappa shape index (κ3) is 4.16. The summed E-state index contributed by atoms with van der Waals surface area (Å²) >= 11 is 3.25. The van der Waals surface area contributed by atoms with Gasteiger partial charge in [0.15, 0.2) is 0 Å². The molecule has 0 bridgehead atoms. The van der Waals surface area contributed by atoms with Crippen LogP contribution in [-0.4, -0.2) is 33.7 Å². The second kappa shape index (κ2) is 7.37. The van der Waals surface area contributed by atoms with Crippen LogP contribution in [0.1, 0.15) is 39.5 Å². The first-order chi connectivity index (χ1) is 10.4. The molecular formula is C15H22BrN3O3. The fraction of sp³-hybridized carbons (Fsp3) is 0.667. The largest absolute Gasteiger partial charge is 0.393 e. The Morgan fingerprint density at radius 2 is 2.09 bits per heavy atom. The molecule has 1 aromatic rings. The summed E-state index contributed by atoms with van der Waals surface area (Å²) in [6.45, 7) is 4.90. The number of hydrogen-bond donors (Lipinski definition) is 1. The molecule has 1 heterocycles. The molecule has 0 unspecified atom stereocenters. The van der Waals surface area contributed by atoms with Crippen molar-refractivity contribution in [2.24, 2.45) is 5.92 Å². The van der Waals surface area contributed by atoms with Gasteiger partial charge in [-0.1, -0.05) is 13.8 Å². The Kier molecular flexibility index (Phi) is 5.74. The van der Waals surface area contributed by atoms with Gasteiger partial charge in [0.2, 0.25) is 5.82 Å². The standard InChI is InChI=1S/C15H22BrN3O3/c1-10(2)9-18(12-3-5-13(20)6-4-12)15-14(19(21)22)7-11(16)8-17-15/h7-8,10,12-13,20H,3-6,9H2,1-2H3/t12-,13-. The van der Waals surface area contributed by atoms with Crippen molar-refractivity contribution in [2.45, 2.75) is 51.7 Å². The van der Waals surface area contributed by atoms with E-state index in [-0.39, 0.29) is 22.8 Å². The molecule has 0 amide bonds. The van der Waals surface area contributed by atoms with Crippen molar-refractivity contribution in [1.82, 2.24) is 4.98 Å². The summed E-state index contributed by atoms with van der Waals surface area (Å²) in [6, 6.07) is 1.70. The molecule has 1 fully saturated rings. The molecule has 1 aromatic heterocycles. The highest BCUT2D eigenvalue weighted by Gasteiger charge is 2.30. The number of rotatable bonds is 5. The first kappa shape index (κ1) is 17.1. The van der Waals surface area contributed by atoms with Crippen LogP contribution in [0.15, 0.2) is 16.7 Å². The van der Waals surface area contributed by atoms with E-state index in [4.69, 9.17) is 0 Å². The minimum absolute atomic E-state index is 0.0288. The zero-order valence-corrected chi connectivity index (χ0v) is 14.5. The predicted octanol–water partition coefficient (Wildman–Crippen LogP) is 3.52. The first-order valence-corrected chi connectivity index (χ1v) is 8.42. The number of pyridine rings is 1. The minimum atomic E-state index is -0.377. The number of halogens is 1. The van der Waals surface area contributed by atoms with Gasteiger partial charge in [-0.05, 0) is 47.5 Å². The monoisotopic (exact) mass is 371 g/mol. The topological polar surface area (TPSA) is 79.5 Å². The molecule has 0 aliphatic heterocycles. The Morgan fingerprint density at radius 3 is 2.64 bits per heavy atom. The van der Waals surface area contributed by atoms with Crippen LogP contribution in [0, 0.1) is 16.0 Å². The van der Waals surface area contributed by atoms with Gasteiger partial charge in [0.25, 0.3) is 0 Å². The lowest BCUT2D eigenvalue weighted by molar-refractivity contribution is -0.384. The van der Waals surface area contributed by atoms with E-state index in [1.165, 1.54) is 6.07 Å². The van der Waals surface area contributed by atoms with Gasteiger partial charge in [-0.15, -0.1) is 0 Å². The van der Waals surface area contributed by atoms with Crippen molar-refractivity contribution in [3.8, 4) is 0 Å². The Morgan fingerprint density at radius 1 is 1.45 bits per heavy atom. The normalized spacial score (nSPS) is 21.9. The van der Waals surface area contributed by atoms with E-state index in [1.54, 1.807) is 6.20 Å². The Bertz CT molecular complexity index is 531. The zero-order chi connectivity index (χ0) is 16.3. The molecule has 0 aromatic carbocycles. The van der Waals surface area contributed by atoms with Gasteiger partial charge in [-0.2, -0.15) is 0 Å². The van der Waals surface area contributed by atoms with Gasteiger partial charge in [0.1, 0.15) is 0 Å². The molecular weight excluding hydrogens is 350 g/mol. The van der Waals surface area contributed by atoms with Crippen LogP contribution in [0.25, 0.3) is 0 Å². The zero-order valence-electron chi connectivity index (χ0n) is 12.9. The lowest BCUT2D eigenvalue weighted by Gasteiger charge is -2.37. The smallest absolute Gasteiger partial charge is 0.312 e. The molecule has 7 heteroatoms. The molecule has 0 saturated heterocycles. The van der Waals surface area contributed by atoms with Gasteiger partial charge in [0, 0.05) is 29.3 Å². The number of nitro groups is 1. The summed E-state index contributed by atoms with van der Waals surface area (Å²) in [5.41, 5.74) is 0.0288. The van der Waals surface area contributed by atoms with Crippen molar-refractivity contribution in [3.05, 3.63) is 26.9 Å². The SMILES string of the molecule is CC(C)CN(c1ncc(Br)cc1[N+](=O)[O-])[C@H]1CC[C@H](O)CC1. The van der Waals surface area contributed by atoms with Gasteiger partial charge >= 0.3 is 5.69 Å². The molecule has 1 aliphatic carbocycles. The fourth-order valence-electron chi connectivity index (χ4n) is 2.95. The maximum absolute atomic E-state index is 11.4. The van der Waals surface area contributed by atoms with E-state index in [0.717, 1.165) is 32.2 Å².